The van der Waals surface area contributed by atoms with E-state index < -0.39 is 0 Å². The number of benzene rings is 2. The molecule has 0 atom stereocenters. The van der Waals surface area contributed by atoms with E-state index in [9.17, 15) is 0 Å². The predicted molar refractivity (Wildman–Crippen MR) is 117 cm³/mol. The van der Waals surface area contributed by atoms with Crippen molar-refractivity contribution in [2.75, 3.05) is 6.61 Å². The summed E-state index contributed by atoms with van der Waals surface area (Å²) < 4.78 is 12.3. The van der Waals surface area contributed by atoms with Crippen LogP contribution in [0.1, 0.15) is 55.7 Å². The fourth-order valence-electron chi connectivity index (χ4n) is 3.11. The topological polar surface area (TPSA) is 18.5 Å². The maximum Gasteiger partial charge on any atom is 0.180 e. The molecule has 0 fully saturated rings. The zero-order chi connectivity index (χ0) is 19.6. The Labute approximate surface area is 168 Å². The molecule has 0 aliphatic carbocycles. The number of allylic oxidation sites excluding steroid dienone is 2. The molecule has 144 valence electrons. The van der Waals surface area contributed by atoms with Crippen LogP contribution in [0, 0.1) is 0 Å². The molecule has 0 N–H and O–H groups in total. The SMILES string of the molecule is C=CCCCCOC(=C=C1OC(c2ccccc2)=Cc2ccccc21)CCC. The third-order valence-corrected chi connectivity index (χ3v) is 4.57. The van der Waals surface area contributed by atoms with E-state index in [-0.39, 0.29) is 0 Å². The zero-order valence-corrected chi connectivity index (χ0v) is 16.6. The Morgan fingerprint density at radius 1 is 1.07 bits per heavy atom. The molecule has 1 aliphatic heterocycles. The van der Waals surface area contributed by atoms with Crippen molar-refractivity contribution in [2.24, 2.45) is 0 Å². The minimum absolute atomic E-state index is 0.701. The lowest BCUT2D eigenvalue weighted by Gasteiger charge is -2.20. The second-order valence-corrected chi connectivity index (χ2v) is 6.82. The van der Waals surface area contributed by atoms with E-state index in [1.807, 2.05) is 36.4 Å². The van der Waals surface area contributed by atoms with Crippen molar-refractivity contribution in [2.45, 2.75) is 39.0 Å². The van der Waals surface area contributed by atoms with Gasteiger partial charge < -0.3 is 9.47 Å². The van der Waals surface area contributed by atoms with Crippen LogP contribution >= 0.6 is 0 Å². The van der Waals surface area contributed by atoms with Crippen LogP contribution in [0.25, 0.3) is 17.6 Å². The molecular weight excluding hydrogens is 344 g/mol. The van der Waals surface area contributed by atoms with Crippen molar-refractivity contribution >= 4 is 17.6 Å². The molecule has 3 rings (SSSR count). The largest absolute Gasteiger partial charge is 0.490 e. The van der Waals surface area contributed by atoms with Crippen LogP contribution in [0.2, 0.25) is 0 Å². The van der Waals surface area contributed by atoms with Crippen molar-refractivity contribution in [1.82, 2.24) is 0 Å². The molecule has 0 unspecified atom stereocenters. The highest BCUT2D eigenvalue weighted by atomic mass is 16.5. The summed E-state index contributed by atoms with van der Waals surface area (Å²) >= 11 is 0. The molecule has 0 amide bonds. The summed E-state index contributed by atoms with van der Waals surface area (Å²) in [6, 6.07) is 18.4. The van der Waals surface area contributed by atoms with Crippen LogP contribution in [-0.4, -0.2) is 6.61 Å². The van der Waals surface area contributed by atoms with Crippen molar-refractivity contribution in [1.29, 1.82) is 0 Å². The van der Waals surface area contributed by atoms with Gasteiger partial charge in [-0.25, -0.2) is 0 Å². The van der Waals surface area contributed by atoms with Gasteiger partial charge in [0.25, 0.3) is 0 Å². The van der Waals surface area contributed by atoms with E-state index in [2.05, 4.69) is 49.6 Å². The molecule has 0 radical (unpaired) electrons. The predicted octanol–water partition coefficient (Wildman–Crippen LogP) is 7.21. The summed E-state index contributed by atoms with van der Waals surface area (Å²) in [5, 5.41) is 0. The Morgan fingerprint density at radius 2 is 1.86 bits per heavy atom. The quantitative estimate of drug-likeness (QED) is 0.200. The Balaban J connectivity index is 1.92. The molecule has 28 heavy (non-hydrogen) atoms. The van der Waals surface area contributed by atoms with E-state index >= 15 is 0 Å². The summed E-state index contributed by atoms with van der Waals surface area (Å²) in [7, 11) is 0. The summed E-state index contributed by atoms with van der Waals surface area (Å²) in [6.07, 6.45) is 9.04. The maximum atomic E-state index is 6.27. The molecule has 0 saturated heterocycles. The third-order valence-electron chi connectivity index (χ3n) is 4.57. The third kappa shape index (κ3) is 5.28. The van der Waals surface area contributed by atoms with E-state index in [4.69, 9.17) is 9.47 Å². The van der Waals surface area contributed by atoms with Gasteiger partial charge in [0.15, 0.2) is 5.76 Å². The van der Waals surface area contributed by atoms with Crippen molar-refractivity contribution < 1.29 is 9.47 Å². The molecule has 0 saturated carbocycles. The zero-order valence-electron chi connectivity index (χ0n) is 16.6. The standard InChI is InChI=1S/C26H28O2/c1-3-5-6-12-18-27-23(13-4-2)20-26-24-17-11-10-16-22(24)19-25(28-26)21-14-8-7-9-15-21/h3,7-11,14-17,19H,1,4-6,12-13,18H2,2H3. The first kappa shape index (κ1) is 19.8. The normalized spacial score (nSPS) is 12.3. The van der Waals surface area contributed by atoms with E-state index in [1.165, 1.54) is 0 Å². The van der Waals surface area contributed by atoms with Crippen molar-refractivity contribution in [3.63, 3.8) is 0 Å². The van der Waals surface area contributed by atoms with Crippen LogP contribution in [0.15, 0.2) is 78.7 Å². The molecule has 2 aromatic rings. The smallest absolute Gasteiger partial charge is 0.180 e. The Hall–Kier alpha value is -2.96. The van der Waals surface area contributed by atoms with Gasteiger partial charge in [-0.15, -0.1) is 6.58 Å². The molecule has 0 bridgehead atoms. The average molecular weight is 373 g/mol. The maximum absolute atomic E-state index is 6.27. The number of rotatable bonds is 9. The fourth-order valence-corrected chi connectivity index (χ4v) is 3.11. The highest BCUT2D eigenvalue weighted by Crippen LogP contribution is 2.34. The summed E-state index contributed by atoms with van der Waals surface area (Å²) in [6.45, 7) is 6.62. The molecular formula is C26H28O2. The van der Waals surface area contributed by atoms with Gasteiger partial charge in [0, 0.05) is 17.5 Å². The van der Waals surface area contributed by atoms with Gasteiger partial charge in [-0.3, -0.25) is 0 Å². The molecule has 1 heterocycles. The highest BCUT2D eigenvalue weighted by molar-refractivity contribution is 5.88. The van der Waals surface area contributed by atoms with Gasteiger partial charge in [-0.2, -0.15) is 0 Å². The monoisotopic (exact) mass is 372 g/mol. The van der Waals surface area contributed by atoms with Crippen LogP contribution < -0.4 is 0 Å². The minimum Gasteiger partial charge on any atom is -0.490 e. The number of ether oxygens (including phenoxy) is 2. The number of hydrogen-bond acceptors (Lipinski definition) is 2. The lowest BCUT2D eigenvalue weighted by molar-refractivity contribution is 0.197. The van der Waals surface area contributed by atoms with E-state index in [0.29, 0.717) is 6.61 Å². The van der Waals surface area contributed by atoms with Gasteiger partial charge in [0.1, 0.15) is 11.5 Å². The van der Waals surface area contributed by atoms with Gasteiger partial charge in [-0.1, -0.05) is 61.5 Å². The highest BCUT2D eigenvalue weighted by Gasteiger charge is 2.18. The number of hydrogen-bond donors (Lipinski definition) is 0. The first-order chi connectivity index (χ1) is 13.8. The fraction of sp³-hybridized carbons (Fsp3) is 0.269. The minimum atomic E-state index is 0.701. The molecule has 0 spiro atoms. The van der Waals surface area contributed by atoms with Crippen LogP contribution in [-0.2, 0) is 9.47 Å². The van der Waals surface area contributed by atoms with Gasteiger partial charge in [-0.05, 0) is 49.1 Å². The van der Waals surface area contributed by atoms with E-state index in [0.717, 1.165) is 66.1 Å². The lowest BCUT2D eigenvalue weighted by Crippen LogP contribution is -2.02. The van der Waals surface area contributed by atoms with Gasteiger partial charge in [0.05, 0.1) is 6.61 Å². The van der Waals surface area contributed by atoms with Gasteiger partial charge >= 0.3 is 0 Å². The Kier molecular flexibility index (Phi) is 7.35. The number of fused-ring (bicyclic) bond motifs is 1. The molecule has 2 nitrogen and oxygen atoms in total. The van der Waals surface area contributed by atoms with Crippen LogP contribution in [0.4, 0.5) is 0 Å². The summed E-state index contributed by atoms with van der Waals surface area (Å²) in [4.78, 5) is 0. The summed E-state index contributed by atoms with van der Waals surface area (Å²) in [5.74, 6) is 2.43. The molecule has 1 aliphatic rings. The Morgan fingerprint density at radius 3 is 2.64 bits per heavy atom. The van der Waals surface area contributed by atoms with E-state index in [1.54, 1.807) is 0 Å². The second kappa shape index (κ2) is 10.4. The van der Waals surface area contributed by atoms with Gasteiger partial charge in [0.2, 0.25) is 0 Å². The summed E-state index contributed by atoms with van der Waals surface area (Å²) in [5.41, 5.74) is 6.67. The Bertz CT molecular complexity index is 884. The van der Waals surface area contributed by atoms with Crippen molar-refractivity contribution in [3.8, 4) is 0 Å². The number of unbranched alkanes of at least 4 members (excludes halogenated alkanes) is 2. The molecule has 0 aromatic heterocycles. The van der Waals surface area contributed by atoms with Crippen LogP contribution in [0.5, 0.6) is 0 Å². The first-order valence-electron chi connectivity index (χ1n) is 10.1. The first-order valence-corrected chi connectivity index (χ1v) is 10.1. The van der Waals surface area contributed by atoms with Crippen molar-refractivity contribution in [3.05, 3.63) is 95.4 Å². The second-order valence-electron chi connectivity index (χ2n) is 6.82. The van der Waals surface area contributed by atoms with Crippen LogP contribution in [0.3, 0.4) is 0 Å². The lowest BCUT2D eigenvalue weighted by atomic mass is 10.0. The average Bonchev–Trinajstić information content (AvgIpc) is 2.74. The molecule has 2 aromatic carbocycles. The molecule has 2 heteroatoms.